The van der Waals surface area contributed by atoms with Gasteiger partial charge >= 0.3 is 0 Å². The minimum absolute atomic E-state index is 0.105. The SMILES string of the molecule is CCCC[C@H](CC)CNC(=O)/C=C/c1ccc(OC)c(OC)c1OC. The van der Waals surface area contributed by atoms with Crippen LogP contribution in [0.25, 0.3) is 6.08 Å². The average Bonchev–Trinajstić information content (AvgIpc) is 2.65. The summed E-state index contributed by atoms with van der Waals surface area (Å²) in [6.45, 7) is 5.06. The first kappa shape index (κ1) is 20.9. The van der Waals surface area contributed by atoms with Gasteiger partial charge in [-0.25, -0.2) is 0 Å². The van der Waals surface area contributed by atoms with Crippen molar-refractivity contribution in [3.8, 4) is 17.2 Å². The van der Waals surface area contributed by atoms with Gasteiger partial charge in [-0.1, -0.05) is 33.1 Å². The zero-order chi connectivity index (χ0) is 18.7. The van der Waals surface area contributed by atoms with E-state index in [0.29, 0.717) is 29.7 Å². The van der Waals surface area contributed by atoms with Gasteiger partial charge in [0, 0.05) is 18.2 Å². The van der Waals surface area contributed by atoms with Crippen molar-refractivity contribution in [1.82, 2.24) is 5.32 Å². The summed E-state index contributed by atoms with van der Waals surface area (Å²) in [4.78, 5) is 12.1. The third-order valence-corrected chi connectivity index (χ3v) is 4.26. The molecule has 25 heavy (non-hydrogen) atoms. The second-order valence-corrected chi connectivity index (χ2v) is 5.92. The topological polar surface area (TPSA) is 56.8 Å². The van der Waals surface area contributed by atoms with Gasteiger partial charge in [0.05, 0.1) is 21.3 Å². The molecule has 0 fully saturated rings. The minimum Gasteiger partial charge on any atom is -0.493 e. The number of hydrogen-bond acceptors (Lipinski definition) is 4. The average molecular weight is 349 g/mol. The molecule has 0 spiro atoms. The van der Waals surface area contributed by atoms with Crippen LogP contribution >= 0.6 is 0 Å². The molecule has 5 heteroatoms. The van der Waals surface area contributed by atoms with Gasteiger partial charge in [-0.3, -0.25) is 4.79 Å². The molecule has 140 valence electrons. The van der Waals surface area contributed by atoms with E-state index in [4.69, 9.17) is 14.2 Å². The largest absolute Gasteiger partial charge is 0.493 e. The van der Waals surface area contributed by atoms with Crippen LogP contribution < -0.4 is 19.5 Å². The predicted octanol–water partition coefficient (Wildman–Crippen LogP) is 4.06. The van der Waals surface area contributed by atoms with Gasteiger partial charge in [-0.05, 0) is 30.5 Å². The lowest BCUT2D eigenvalue weighted by Crippen LogP contribution is -2.27. The Morgan fingerprint density at radius 2 is 1.84 bits per heavy atom. The fourth-order valence-corrected chi connectivity index (χ4v) is 2.67. The third kappa shape index (κ3) is 6.33. The maximum Gasteiger partial charge on any atom is 0.244 e. The van der Waals surface area contributed by atoms with Crippen LogP contribution in [0, 0.1) is 5.92 Å². The van der Waals surface area contributed by atoms with Crippen LogP contribution in [-0.2, 0) is 4.79 Å². The summed E-state index contributed by atoms with van der Waals surface area (Å²) in [5.41, 5.74) is 0.758. The summed E-state index contributed by atoms with van der Waals surface area (Å²) < 4.78 is 16.0. The molecule has 0 heterocycles. The van der Waals surface area contributed by atoms with E-state index in [2.05, 4.69) is 19.2 Å². The first-order valence-corrected chi connectivity index (χ1v) is 8.86. The Bertz CT molecular complexity index is 569. The molecule has 0 aliphatic heterocycles. The molecule has 5 nitrogen and oxygen atoms in total. The first-order chi connectivity index (χ1) is 12.1. The molecule has 1 aromatic rings. The van der Waals surface area contributed by atoms with Gasteiger partial charge in [-0.15, -0.1) is 0 Å². The lowest BCUT2D eigenvalue weighted by atomic mass is 9.99. The smallest absolute Gasteiger partial charge is 0.244 e. The zero-order valence-electron chi connectivity index (χ0n) is 16.1. The van der Waals surface area contributed by atoms with Crippen molar-refractivity contribution < 1.29 is 19.0 Å². The summed E-state index contributed by atoms with van der Waals surface area (Å²) in [6, 6.07) is 3.62. The Balaban J connectivity index is 2.76. The van der Waals surface area contributed by atoms with Crippen molar-refractivity contribution in [2.24, 2.45) is 5.92 Å². The summed E-state index contributed by atoms with van der Waals surface area (Å²) in [7, 11) is 4.69. The first-order valence-electron chi connectivity index (χ1n) is 8.86. The fourth-order valence-electron chi connectivity index (χ4n) is 2.67. The number of amides is 1. The van der Waals surface area contributed by atoms with Crippen LogP contribution in [0.3, 0.4) is 0 Å². The minimum atomic E-state index is -0.105. The van der Waals surface area contributed by atoms with Gasteiger partial charge in [0.2, 0.25) is 11.7 Å². The Hall–Kier alpha value is -2.17. The predicted molar refractivity (Wildman–Crippen MR) is 101 cm³/mol. The Labute approximate surface area is 151 Å². The second-order valence-electron chi connectivity index (χ2n) is 5.92. The van der Waals surface area contributed by atoms with Crippen molar-refractivity contribution >= 4 is 12.0 Å². The van der Waals surface area contributed by atoms with E-state index >= 15 is 0 Å². The van der Waals surface area contributed by atoms with Gasteiger partial charge < -0.3 is 19.5 Å². The van der Waals surface area contributed by atoms with Crippen molar-refractivity contribution in [3.05, 3.63) is 23.8 Å². The normalized spacial score (nSPS) is 12.0. The number of hydrogen-bond donors (Lipinski definition) is 1. The summed E-state index contributed by atoms with van der Waals surface area (Å²) >= 11 is 0. The van der Waals surface area contributed by atoms with E-state index in [1.165, 1.54) is 18.9 Å². The Morgan fingerprint density at radius 3 is 2.40 bits per heavy atom. The molecule has 0 radical (unpaired) electrons. The highest BCUT2D eigenvalue weighted by Crippen LogP contribution is 2.40. The Morgan fingerprint density at radius 1 is 1.12 bits per heavy atom. The molecule has 0 bridgehead atoms. The summed E-state index contributed by atoms with van der Waals surface area (Å²) in [5.74, 6) is 2.07. The maximum absolute atomic E-state index is 12.1. The third-order valence-electron chi connectivity index (χ3n) is 4.26. The number of carbonyl (C=O) groups is 1. The highest BCUT2D eigenvalue weighted by Gasteiger charge is 2.14. The van der Waals surface area contributed by atoms with Crippen LogP contribution in [0.1, 0.15) is 45.1 Å². The van der Waals surface area contributed by atoms with Crippen molar-refractivity contribution in [3.63, 3.8) is 0 Å². The van der Waals surface area contributed by atoms with Crippen molar-refractivity contribution in [2.75, 3.05) is 27.9 Å². The van der Waals surface area contributed by atoms with E-state index in [1.807, 2.05) is 6.07 Å². The summed E-state index contributed by atoms with van der Waals surface area (Å²) in [5, 5.41) is 2.98. The molecule has 0 aromatic heterocycles. The fraction of sp³-hybridized carbons (Fsp3) is 0.550. The summed E-state index contributed by atoms with van der Waals surface area (Å²) in [6.07, 6.45) is 7.87. The van der Waals surface area contributed by atoms with Crippen LogP contribution in [0.15, 0.2) is 18.2 Å². The molecule has 1 atom stereocenters. The molecule has 0 saturated heterocycles. The van der Waals surface area contributed by atoms with Gasteiger partial charge in [0.1, 0.15) is 0 Å². The number of ether oxygens (including phenoxy) is 3. The van der Waals surface area contributed by atoms with Crippen LogP contribution in [0.5, 0.6) is 17.2 Å². The number of benzene rings is 1. The number of rotatable bonds is 11. The van der Waals surface area contributed by atoms with Crippen LogP contribution in [0.2, 0.25) is 0 Å². The number of carbonyl (C=O) groups excluding carboxylic acids is 1. The van der Waals surface area contributed by atoms with Gasteiger partial charge in [0.15, 0.2) is 11.5 Å². The van der Waals surface area contributed by atoms with Crippen LogP contribution in [-0.4, -0.2) is 33.8 Å². The van der Waals surface area contributed by atoms with Crippen molar-refractivity contribution in [2.45, 2.75) is 39.5 Å². The zero-order valence-corrected chi connectivity index (χ0v) is 16.1. The molecular weight excluding hydrogens is 318 g/mol. The molecule has 0 aliphatic rings. The Kier molecular flexibility index (Phi) is 9.51. The van der Waals surface area contributed by atoms with E-state index < -0.39 is 0 Å². The lowest BCUT2D eigenvalue weighted by Gasteiger charge is -2.15. The highest BCUT2D eigenvalue weighted by molar-refractivity contribution is 5.92. The molecule has 1 amide bonds. The van der Waals surface area contributed by atoms with E-state index in [1.54, 1.807) is 33.5 Å². The number of nitrogens with one attached hydrogen (secondary N) is 1. The number of unbranched alkanes of at least 4 members (excludes halogenated alkanes) is 1. The van der Waals surface area contributed by atoms with Crippen LogP contribution in [0.4, 0.5) is 0 Å². The standard InChI is InChI=1S/C20H31NO4/c1-6-8-9-15(7-2)14-21-18(22)13-11-16-10-12-17(23-3)20(25-5)19(16)24-4/h10-13,15H,6-9,14H2,1-5H3,(H,21,22)/b13-11+/t15-/m0/s1. The quantitative estimate of drug-likeness (QED) is 0.612. The van der Waals surface area contributed by atoms with Gasteiger partial charge in [-0.2, -0.15) is 0 Å². The van der Waals surface area contributed by atoms with E-state index in [9.17, 15) is 4.79 Å². The molecule has 1 N–H and O–H groups in total. The highest BCUT2D eigenvalue weighted by atomic mass is 16.5. The van der Waals surface area contributed by atoms with Gasteiger partial charge in [0.25, 0.3) is 0 Å². The van der Waals surface area contributed by atoms with E-state index in [0.717, 1.165) is 18.4 Å². The molecular formula is C20H31NO4. The molecule has 1 aromatic carbocycles. The second kappa shape index (κ2) is 11.4. The maximum atomic E-state index is 12.1. The van der Waals surface area contributed by atoms with E-state index in [-0.39, 0.29) is 5.91 Å². The monoisotopic (exact) mass is 349 g/mol. The molecule has 1 rings (SSSR count). The molecule has 0 aliphatic carbocycles. The molecule has 0 saturated carbocycles. The van der Waals surface area contributed by atoms with Crippen molar-refractivity contribution in [1.29, 1.82) is 0 Å². The number of methoxy groups -OCH3 is 3. The lowest BCUT2D eigenvalue weighted by molar-refractivity contribution is -0.116. The molecule has 0 unspecified atom stereocenters.